The van der Waals surface area contributed by atoms with Crippen molar-refractivity contribution in [1.29, 1.82) is 0 Å². The predicted molar refractivity (Wildman–Crippen MR) is 88.8 cm³/mol. The van der Waals surface area contributed by atoms with Gasteiger partial charge in [0.15, 0.2) is 0 Å². The summed E-state index contributed by atoms with van der Waals surface area (Å²) in [5.41, 5.74) is 0.488. The lowest BCUT2D eigenvalue weighted by atomic mass is 9.98. The van der Waals surface area contributed by atoms with Crippen LogP contribution >= 0.6 is 34.5 Å². The van der Waals surface area contributed by atoms with Crippen LogP contribution in [0, 0.1) is 5.92 Å². The molecule has 3 rings (SSSR count). The number of nitrogens with one attached hydrogen (secondary N) is 1. The summed E-state index contributed by atoms with van der Waals surface area (Å²) in [4.78, 5) is 26.6. The van der Waals surface area contributed by atoms with Crippen molar-refractivity contribution in [1.82, 2.24) is 4.90 Å². The Morgan fingerprint density at radius 1 is 1.23 bits per heavy atom. The lowest BCUT2D eigenvalue weighted by Gasteiger charge is -2.37. The second-order valence-electron chi connectivity index (χ2n) is 5.00. The summed E-state index contributed by atoms with van der Waals surface area (Å²) in [6, 6.07) is 8.52. The maximum Gasteiger partial charge on any atom is 0.263 e. The number of nitrogens with zero attached hydrogens (tertiary/aromatic N) is 1. The molecule has 1 aliphatic rings. The van der Waals surface area contributed by atoms with Gasteiger partial charge in [-0.05, 0) is 29.6 Å². The number of hydrogen-bond donors (Lipinski definition) is 1. The highest BCUT2D eigenvalue weighted by atomic mass is 35.5. The Morgan fingerprint density at radius 2 is 2.00 bits per heavy atom. The normalized spacial score (nSPS) is 14.5. The fraction of sp³-hybridized carbons (Fsp3) is 0.200. The SMILES string of the molecule is O=C(Nc1cc(Cl)ccc1Cl)C1CN(C(=O)c2cccs2)C1. The molecule has 0 bridgehead atoms. The van der Waals surface area contributed by atoms with E-state index in [0.717, 1.165) is 0 Å². The molecule has 0 aliphatic carbocycles. The first kappa shape index (κ1) is 15.3. The molecule has 1 saturated heterocycles. The molecule has 2 amide bonds. The Kier molecular flexibility index (Phi) is 4.38. The van der Waals surface area contributed by atoms with E-state index < -0.39 is 0 Å². The third-order valence-corrected chi connectivity index (χ3v) is 4.88. The standard InChI is InChI=1S/C15H12Cl2N2O2S/c16-10-3-4-11(17)12(6-10)18-14(20)9-7-19(8-9)15(21)13-2-1-5-22-13/h1-6,9H,7-8H2,(H,18,20). The fourth-order valence-corrected chi connectivity index (χ4v) is 3.22. The molecule has 0 spiro atoms. The first-order valence-electron chi connectivity index (χ1n) is 6.63. The smallest absolute Gasteiger partial charge is 0.263 e. The van der Waals surface area contributed by atoms with Crippen LogP contribution in [0.3, 0.4) is 0 Å². The van der Waals surface area contributed by atoms with Gasteiger partial charge < -0.3 is 10.2 Å². The summed E-state index contributed by atoms with van der Waals surface area (Å²) >= 11 is 13.3. The van der Waals surface area contributed by atoms with Crippen molar-refractivity contribution in [3.05, 3.63) is 50.6 Å². The van der Waals surface area contributed by atoms with Crippen LogP contribution in [0.5, 0.6) is 0 Å². The van der Waals surface area contributed by atoms with E-state index in [1.54, 1.807) is 29.2 Å². The number of amides is 2. The van der Waals surface area contributed by atoms with Crippen LogP contribution in [0.2, 0.25) is 10.0 Å². The Labute approximate surface area is 141 Å². The number of halogens is 2. The average molecular weight is 355 g/mol. The van der Waals surface area contributed by atoms with Crippen molar-refractivity contribution < 1.29 is 9.59 Å². The van der Waals surface area contributed by atoms with Crippen molar-refractivity contribution >= 4 is 52.0 Å². The van der Waals surface area contributed by atoms with E-state index in [9.17, 15) is 9.59 Å². The van der Waals surface area contributed by atoms with Crippen LogP contribution in [0.15, 0.2) is 35.7 Å². The largest absolute Gasteiger partial charge is 0.336 e. The molecule has 1 aromatic carbocycles. The van der Waals surface area contributed by atoms with E-state index in [-0.39, 0.29) is 17.7 Å². The number of carbonyl (C=O) groups is 2. The molecule has 0 radical (unpaired) electrons. The van der Waals surface area contributed by atoms with Gasteiger partial charge in [0, 0.05) is 18.1 Å². The van der Waals surface area contributed by atoms with Crippen molar-refractivity contribution in [2.24, 2.45) is 5.92 Å². The summed E-state index contributed by atoms with van der Waals surface area (Å²) in [6.45, 7) is 0.835. The van der Waals surface area contributed by atoms with Crippen LogP contribution < -0.4 is 5.32 Å². The van der Waals surface area contributed by atoms with Crippen molar-refractivity contribution in [3.63, 3.8) is 0 Å². The summed E-state index contributed by atoms with van der Waals surface area (Å²) in [5.74, 6) is -0.404. The summed E-state index contributed by atoms with van der Waals surface area (Å²) in [7, 11) is 0. The van der Waals surface area contributed by atoms with E-state index >= 15 is 0 Å². The van der Waals surface area contributed by atoms with Gasteiger partial charge in [0.1, 0.15) is 0 Å². The van der Waals surface area contributed by atoms with E-state index in [0.29, 0.717) is 33.7 Å². The van der Waals surface area contributed by atoms with Gasteiger partial charge in [0.25, 0.3) is 5.91 Å². The molecule has 1 aliphatic heterocycles. The molecular weight excluding hydrogens is 343 g/mol. The molecule has 1 N–H and O–H groups in total. The average Bonchev–Trinajstić information content (AvgIpc) is 2.95. The number of carbonyl (C=O) groups excluding carboxylic acids is 2. The van der Waals surface area contributed by atoms with Gasteiger partial charge in [-0.15, -0.1) is 11.3 Å². The number of likely N-dealkylation sites (tertiary alicyclic amines) is 1. The van der Waals surface area contributed by atoms with Crippen LogP contribution in [0.1, 0.15) is 9.67 Å². The van der Waals surface area contributed by atoms with Crippen LogP contribution in [-0.4, -0.2) is 29.8 Å². The Balaban J connectivity index is 1.57. The predicted octanol–water partition coefficient (Wildman–Crippen LogP) is 3.77. The third-order valence-electron chi connectivity index (χ3n) is 3.46. The van der Waals surface area contributed by atoms with Crippen LogP contribution in [-0.2, 0) is 4.79 Å². The maximum absolute atomic E-state index is 12.2. The molecule has 22 heavy (non-hydrogen) atoms. The molecule has 0 saturated carbocycles. The van der Waals surface area contributed by atoms with E-state index in [1.807, 2.05) is 11.4 Å². The molecule has 114 valence electrons. The Hall–Kier alpha value is -1.56. The molecule has 0 atom stereocenters. The second kappa shape index (κ2) is 6.28. The van der Waals surface area contributed by atoms with Crippen molar-refractivity contribution in [2.45, 2.75) is 0 Å². The summed E-state index contributed by atoms with van der Waals surface area (Å²) in [6.07, 6.45) is 0. The Bertz CT molecular complexity index is 712. The zero-order valence-corrected chi connectivity index (χ0v) is 13.7. The van der Waals surface area contributed by atoms with Gasteiger partial charge in [-0.3, -0.25) is 9.59 Å². The second-order valence-corrected chi connectivity index (χ2v) is 6.79. The quantitative estimate of drug-likeness (QED) is 0.911. The highest BCUT2D eigenvalue weighted by molar-refractivity contribution is 7.12. The number of rotatable bonds is 3. The van der Waals surface area contributed by atoms with Gasteiger partial charge in [0.2, 0.25) is 5.91 Å². The number of anilines is 1. The highest BCUT2D eigenvalue weighted by Crippen LogP contribution is 2.27. The van der Waals surface area contributed by atoms with E-state index in [2.05, 4.69) is 5.32 Å². The molecule has 2 heterocycles. The first-order chi connectivity index (χ1) is 10.5. The minimum Gasteiger partial charge on any atom is -0.336 e. The Morgan fingerprint density at radius 3 is 2.68 bits per heavy atom. The third kappa shape index (κ3) is 3.11. The van der Waals surface area contributed by atoms with E-state index in [4.69, 9.17) is 23.2 Å². The molecule has 2 aromatic rings. The molecule has 0 unspecified atom stereocenters. The maximum atomic E-state index is 12.2. The minimum absolute atomic E-state index is 0.0279. The molecule has 4 nitrogen and oxygen atoms in total. The van der Waals surface area contributed by atoms with Crippen LogP contribution in [0.4, 0.5) is 5.69 Å². The summed E-state index contributed by atoms with van der Waals surface area (Å²) in [5, 5.41) is 5.55. The van der Waals surface area contributed by atoms with Crippen molar-refractivity contribution in [2.75, 3.05) is 18.4 Å². The van der Waals surface area contributed by atoms with E-state index in [1.165, 1.54) is 11.3 Å². The number of hydrogen-bond acceptors (Lipinski definition) is 3. The summed E-state index contributed by atoms with van der Waals surface area (Å²) < 4.78 is 0. The first-order valence-corrected chi connectivity index (χ1v) is 8.27. The van der Waals surface area contributed by atoms with Gasteiger partial charge in [-0.2, -0.15) is 0 Å². The molecule has 1 fully saturated rings. The molecular formula is C15H12Cl2N2O2S. The van der Waals surface area contributed by atoms with Crippen molar-refractivity contribution in [3.8, 4) is 0 Å². The highest BCUT2D eigenvalue weighted by Gasteiger charge is 2.36. The van der Waals surface area contributed by atoms with Gasteiger partial charge in [-0.25, -0.2) is 0 Å². The van der Waals surface area contributed by atoms with Crippen LogP contribution in [0.25, 0.3) is 0 Å². The number of thiophene rings is 1. The zero-order chi connectivity index (χ0) is 15.7. The lowest BCUT2D eigenvalue weighted by Crippen LogP contribution is -2.54. The minimum atomic E-state index is -0.223. The fourth-order valence-electron chi connectivity index (χ4n) is 2.19. The monoisotopic (exact) mass is 354 g/mol. The molecule has 1 aromatic heterocycles. The van der Waals surface area contributed by atoms with Gasteiger partial charge >= 0.3 is 0 Å². The van der Waals surface area contributed by atoms with Gasteiger partial charge in [0.05, 0.1) is 21.5 Å². The zero-order valence-electron chi connectivity index (χ0n) is 11.4. The number of benzene rings is 1. The lowest BCUT2D eigenvalue weighted by molar-refractivity contribution is -0.123. The van der Waals surface area contributed by atoms with Gasteiger partial charge in [-0.1, -0.05) is 29.3 Å². The molecule has 7 heteroatoms. The topological polar surface area (TPSA) is 49.4 Å².